The van der Waals surface area contributed by atoms with E-state index in [9.17, 15) is 0 Å². The number of anilines is 1. The van der Waals surface area contributed by atoms with Crippen LogP contribution in [0.3, 0.4) is 0 Å². The summed E-state index contributed by atoms with van der Waals surface area (Å²) in [6.45, 7) is 1.51. The number of hydrogen-bond acceptors (Lipinski definition) is 4. The monoisotopic (exact) mass is 234 g/mol. The van der Waals surface area contributed by atoms with Gasteiger partial charge in [-0.05, 0) is 12.1 Å². The predicted octanol–water partition coefficient (Wildman–Crippen LogP) is 1.37. The van der Waals surface area contributed by atoms with Crippen molar-refractivity contribution in [2.45, 2.75) is 13.1 Å². The van der Waals surface area contributed by atoms with Gasteiger partial charge in [-0.25, -0.2) is 4.98 Å². The van der Waals surface area contributed by atoms with Crippen molar-refractivity contribution in [2.24, 2.45) is 7.05 Å². The van der Waals surface area contributed by atoms with E-state index in [0.717, 1.165) is 30.5 Å². The first-order valence-corrected chi connectivity index (χ1v) is 5.59. The molecule has 17 heavy (non-hydrogen) atoms. The SMILES string of the molecule is CN(C)c1ncc(CNCc2ccco2)n1C. The smallest absolute Gasteiger partial charge is 0.204 e. The third-order valence-electron chi connectivity index (χ3n) is 2.65. The number of hydrogen-bond donors (Lipinski definition) is 1. The quantitative estimate of drug-likeness (QED) is 0.848. The molecule has 1 N–H and O–H groups in total. The van der Waals surface area contributed by atoms with Crippen LogP contribution in [0.1, 0.15) is 11.5 Å². The van der Waals surface area contributed by atoms with Gasteiger partial charge in [0.2, 0.25) is 5.95 Å². The highest BCUT2D eigenvalue weighted by molar-refractivity contribution is 5.30. The summed E-state index contributed by atoms with van der Waals surface area (Å²) in [7, 11) is 6.00. The second-order valence-corrected chi connectivity index (χ2v) is 4.19. The van der Waals surface area contributed by atoms with Crippen LogP contribution >= 0.6 is 0 Å². The first-order chi connectivity index (χ1) is 8.18. The Labute approximate surface area is 101 Å². The van der Waals surface area contributed by atoms with Crippen molar-refractivity contribution < 1.29 is 4.42 Å². The molecule has 0 fully saturated rings. The molecule has 0 aromatic carbocycles. The molecular formula is C12H18N4O. The lowest BCUT2D eigenvalue weighted by atomic mass is 10.4. The zero-order valence-electron chi connectivity index (χ0n) is 10.5. The molecule has 92 valence electrons. The molecule has 0 saturated heterocycles. The summed E-state index contributed by atoms with van der Waals surface area (Å²) in [5.74, 6) is 1.90. The summed E-state index contributed by atoms with van der Waals surface area (Å²) in [6, 6.07) is 3.85. The van der Waals surface area contributed by atoms with Crippen molar-refractivity contribution in [1.82, 2.24) is 14.9 Å². The molecule has 0 aliphatic carbocycles. The van der Waals surface area contributed by atoms with E-state index < -0.39 is 0 Å². The molecule has 2 rings (SSSR count). The Morgan fingerprint density at radius 2 is 2.24 bits per heavy atom. The molecule has 2 aromatic rings. The summed E-state index contributed by atoms with van der Waals surface area (Å²) in [5, 5.41) is 3.32. The van der Waals surface area contributed by atoms with Crippen molar-refractivity contribution in [2.75, 3.05) is 19.0 Å². The second-order valence-electron chi connectivity index (χ2n) is 4.19. The first kappa shape index (κ1) is 11.7. The van der Waals surface area contributed by atoms with Crippen LogP contribution in [0, 0.1) is 0 Å². The highest BCUT2D eigenvalue weighted by Gasteiger charge is 2.07. The lowest BCUT2D eigenvalue weighted by molar-refractivity contribution is 0.480. The maximum atomic E-state index is 5.25. The van der Waals surface area contributed by atoms with Crippen LogP contribution < -0.4 is 10.2 Å². The Kier molecular flexibility index (Phi) is 3.49. The predicted molar refractivity (Wildman–Crippen MR) is 66.8 cm³/mol. The van der Waals surface area contributed by atoms with Crippen molar-refractivity contribution in [3.8, 4) is 0 Å². The van der Waals surface area contributed by atoms with Gasteiger partial charge in [0.15, 0.2) is 0 Å². The van der Waals surface area contributed by atoms with Crippen LogP contribution in [0.4, 0.5) is 5.95 Å². The topological polar surface area (TPSA) is 46.2 Å². The van der Waals surface area contributed by atoms with Gasteiger partial charge >= 0.3 is 0 Å². The highest BCUT2D eigenvalue weighted by Crippen LogP contribution is 2.10. The molecule has 0 atom stereocenters. The number of furan rings is 1. The number of nitrogens with zero attached hydrogens (tertiary/aromatic N) is 3. The van der Waals surface area contributed by atoms with Crippen LogP contribution in [0.25, 0.3) is 0 Å². The van der Waals surface area contributed by atoms with E-state index in [0.29, 0.717) is 0 Å². The lowest BCUT2D eigenvalue weighted by Gasteiger charge is -2.12. The fourth-order valence-electron chi connectivity index (χ4n) is 1.74. The van der Waals surface area contributed by atoms with Gasteiger partial charge in [0.25, 0.3) is 0 Å². The molecule has 0 saturated carbocycles. The summed E-state index contributed by atoms with van der Waals surface area (Å²) >= 11 is 0. The Morgan fingerprint density at radius 1 is 1.41 bits per heavy atom. The fourth-order valence-corrected chi connectivity index (χ4v) is 1.74. The van der Waals surface area contributed by atoms with E-state index >= 15 is 0 Å². The third-order valence-corrected chi connectivity index (χ3v) is 2.65. The molecule has 0 unspecified atom stereocenters. The van der Waals surface area contributed by atoms with Crippen LogP contribution in [-0.4, -0.2) is 23.6 Å². The molecule has 0 bridgehead atoms. The van der Waals surface area contributed by atoms with E-state index in [4.69, 9.17) is 4.42 Å². The Morgan fingerprint density at radius 3 is 2.82 bits per heavy atom. The first-order valence-electron chi connectivity index (χ1n) is 5.59. The number of imidazole rings is 1. The Hall–Kier alpha value is -1.75. The van der Waals surface area contributed by atoms with Crippen molar-refractivity contribution in [3.05, 3.63) is 36.0 Å². The maximum absolute atomic E-state index is 5.25. The third kappa shape index (κ3) is 2.68. The van der Waals surface area contributed by atoms with E-state index in [2.05, 4.69) is 14.9 Å². The fraction of sp³-hybridized carbons (Fsp3) is 0.417. The number of rotatable bonds is 5. The molecule has 0 radical (unpaired) electrons. The van der Waals surface area contributed by atoms with Crippen LogP contribution in [0.5, 0.6) is 0 Å². The molecule has 0 aliphatic rings. The molecular weight excluding hydrogens is 216 g/mol. The van der Waals surface area contributed by atoms with E-state index in [1.165, 1.54) is 0 Å². The Balaban J connectivity index is 1.91. The summed E-state index contributed by atoms with van der Waals surface area (Å²) in [6.07, 6.45) is 3.58. The Bertz CT molecular complexity index is 459. The zero-order valence-corrected chi connectivity index (χ0v) is 10.5. The van der Waals surface area contributed by atoms with Gasteiger partial charge in [-0.15, -0.1) is 0 Å². The van der Waals surface area contributed by atoms with Gasteiger partial charge in [-0.2, -0.15) is 0 Å². The van der Waals surface area contributed by atoms with E-state index in [-0.39, 0.29) is 0 Å². The molecule has 2 aromatic heterocycles. The van der Waals surface area contributed by atoms with Crippen LogP contribution in [0.15, 0.2) is 29.0 Å². The van der Waals surface area contributed by atoms with E-state index in [1.807, 2.05) is 44.4 Å². The van der Waals surface area contributed by atoms with Gasteiger partial charge in [0.1, 0.15) is 5.76 Å². The number of aromatic nitrogens is 2. The maximum Gasteiger partial charge on any atom is 0.204 e. The van der Waals surface area contributed by atoms with Crippen molar-refractivity contribution in [1.29, 1.82) is 0 Å². The van der Waals surface area contributed by atoms with Crippen molar-refractivity contribution in [3.63, 3.8) is 0 Å². The minimum atomic E-state index is 0.732. The van der Waals surface area contributed by atoms with Gasteiger partial charge in [0.05, 0.1) is 24.7 Å². The molecule has 2 heterocycles. The minimum Gasteiger partial charge on any atom is -0.468 e. The zero-order chi connectivity index (χ0) is 12.3. The molecule has 5 heteroatoms. The van der Waals surface area contributed by atoms with Crippen LogP contribution in [0.2, 0.25) is 0 Å². The number of nitrogens with one attached hydrogen (secondary N) is 1. The molecule has 5 nitrogen and oxygen atoms in total. The highest BCUT2D eigenvalue weighted by atomic mass is 16.3. The minimum absolute atomic E-state index is 0.732. The standard InChI is InChI=1S/C12H18N4O/c1-15(2)12-14-8-10(16(12)3)7-13-9-11-5-4-6-17-11/h4-6,8,13H,7,9H2,1-3H3. The largest absolute Gasteiger partial charge is 0.468 e. The van der Waals surface area contributed by atoms with Gasteiger partial charge in [-0.1, -0.05) is 0 Å². The normalized spacial score (nSPS) is 10.8. The summed E-state index contributed by atoms with van der Waals surface area (Å²) < 4.78 is 7.33. The lowest BCUT2D eigenvalue weighted by Crippen LogP contribution is -2.17. The molecule has 0 spiro atoms. The summed E-state index contributed by atoms with van der Waals surface area (Å²) in [4.78, 5) is 6.35. The van der Waals surface area contributed by atoms with Crippen molar-refractivity contribution >= 4 is 5.95 Å². The van der Waals surface area contributed by atoms with Crippen LogP contribution in [-0.2, 0) is 20.1 Å². The second kappa shape index (κ2) is 5.05. The van der Waals surface area contributed by atoms with E-state index in [1.54, 1.807) is 6.26 Å². The average molecular weight is 234 g/mol. The van der Waals surface area contributed by atoms with Gasteiger partial charge in [-0.3, -0.25) is 0 Å². The van der Waals surface area contributed by atoms with Gasteiger partial charge < -0.3 is 19.2 Å². The molecule has 0 aliphatic heterocycles. The van der Waals surface area contributed by atoms with Gasteiger partial charge in [0, 0.05) is 27.7 Å². The summed E-state index contributed by atoms with van der Waals surface area (Å²) in [5.41, 5.74) is 1.15. The average Bonchev–Trinajstić information content (AvgIpc) is 2.89. The molecule has 0 amide bonds.